The molecule has 152 valence electrons. The molecule has 1 fully saturated rings. The molecule has 1 atom stereocenters. The quantitative estimate of drug-likeness (QED) is 0.595. The van der Waals surface area contributed by atoms with Crippen LogP contribution < -0.4 is 5.32 Å². The van der Waals surface area contributed by atoms with E-state index >= 15 is 0 Å². The molecular formula is C18H21Br2ClN4O2S. The number of aromatic nitrogens is 1. The normalized spacial score (nSPS) is 20.1. The molecule has 0 spiro atoms. The number of hydrogen-bond acceptors (Lipinski definition) is 5. The molecule has 3 heterocycles. The predicted molar refractivity (Wildman–Crippen MR) is 119 cm³/mol. The summed E-state index contributed by atoms with van der Waals surface area (Å²) in [4.78, 5) is 32.6. The van der Waals surface area contributed by atoms with E-state index in [1.165, 1.54) is 17.0 Å². The molecule has 1 aliphatic carbocycles. The van der Waals surface area contributed by atoms with Crippen LogP contribution in [0.1, 0.15) is 34.1 Å². The third kappa shape index (κ3) is 4.71. The molecule has 0 aromatic carbocycles. The van der Waals surface area contributed by atoms with E-state index in [-0.39, 0.29) is 30.1 Å². The maximum Gasteiger partial charge on any atom is 0.234 e. The Hall–Kier alpha value is -0.710. The molecule has 4 rings (SSSR count). The number of carbonyl (C=O) groups excluding carboxylic acids is 2. The molecular weight excluding hydrogens is 532 g/mol. The largest absolute Gasteiger partial charge is 0.364 e. The number of rotatable bonds is 5. The van der Waals surface area contributed by atoms with Crippen molar-refractivity contribution in [3.63, 3.8) is 0 Å². The highest BCUT2D eigenvalue weighted by Gasteiger charge is 2.36. The summed E-state index contributed by atoms with van der Waals surface area (Å²) in [6.45, 7) is 4.93. The van der Waals surface area contributed by atoms with Gasteiger partial charge in [0.2, 0.25) is 5.91 Å². The first-order valence-electron chi connectivity index (χ1n) is 8.88. The number of amides is 1. The molecule has 2 aromatic heterocycles. The van der Waals surface area contributed by atoms with Crippen LogP contribution in [0.25, 0.3) is 0 Å². The number of nitrogens with zero attached hydrogens (tertiary/aromatic N) is 2. The molecule has 2 aliphatic rings. The lowest BCUT2D eigenvalue weighted by Crippen LogP contribution is -2.49. The minimum Gasteiger partial charge on any atom is -0.364 e. The van der Waals surface area contributed by atoms with Crippen molar-refractivity contribution in [2.24, 2.45) is 0 Å². The molecule has 0 radical (unpaired) electrons. The van der Waals surface area contributed by atoms with Crippen molar-refractivity contribution < 1.29 is 9.59 Å². The highest BCUT2D eigenvalue weighted by atomic mass is 79.9. The number of nitrogens with one attached hydrogen (secondary N) is 2. The van der Waals surface area contributed by atoms with E-state index in [4.69, 9.17) is 0 Å². The minimum absolute atomic E-state index is 0. The van der Waals surface area contributed by atoms with Crippen molar-refractivity contribution in [1.82, 2.24) is 20.1 Å². The molecule has 28 heavy (non-hydrogen) atoms. The van der Waals surface area contributed by atoms with Crippen molar-refractivity contribution in [3.8, 4) is 0 Å². The zero-order valence-electron chi connectivity index (χ0n) is 15.0. The molecule has 1 saturated heterocycles. The van der Waals surface area contributed by atoms with Crippen molar-refractivity contribution in [3.05, 3.63) is 42.7 Å². The smallest absolute Gasteiger partial charge is 0.234 e. The SMILES string of the molecule is Cl.O=C(CN1CCN(Cc2ccc[nH]2)CC1)NC1CC(=O)c2c(Br)sc(Br)c21. The van der Waals surface area contributed by atoms with Crippen molar-refractivity contribution in [2.75, 3.05) is 32.7 Å². The minimum atomic E-state index is -0.230. The lowest BCUT2D eigenvalue weighted by molar-refractivity contribution is -0.123. The average molecular weight is 553 g/mol. The number of halogens is 3. The number of thiophene rings is 1. The van der Waals surface area contributed by atoms with Crippen LogP contribution >= 0.6 is 55.6 Å². The molecule has 0 bridgehead atoms. The van der Waals surface area contributed by atoms with Gasteiger partial charge in [-0.15, -0.1) is 23.7 Å². The molecule has 2 N–H and O–H groups in total. The third-order valence-electron chi connectivity index (χ3n) is 5.10. The monoisotopic (exact) mass is 550 g/mol. The number of hydrogen-bond donors (Lipinski definition) is 2. The number of aromatic amines is 1. The van der Waals surface area contributed by atoms with Crippen LogP contribution in [0.5, 0.6) is 0 Å². The summed E-state index contributed by atoms with van der Waals surface area (Å²) in [7, 11) is 0. The van der Waals surface area contributed by atoms with Crippen molar-refractivity contribution >= 4 is 67.3 Å². The zero-order chi connectivity index (χ0) is 19.0. The van der Waals surface area contributed by atoms with Crippen molar-refractivity contribution in [1.29, 1.82) is 0 Å². The highest BCUT2D eigenvalue weighted by Crippen LogP contribution is 2.46. The summed E-state index contributed by atoms with van der Waals surface area (Å²) in [6.07, 6.45) is 2.28. The van der Waals surface area contributed by atoms with Crippen LogP contribution in [0.15, 0.2) is 25.9 Å². The van der Waals surface area contributed by atoms with E-state index in [9.17, 15) is 9.59 Å². The topological polar surface area (TPSA) is 68.4 Å². The van der Waals surface area contributed by atoms with Gasteiger partial charge in [0.15, 0.2) is 5.78 Å². The summed E-state index contributed by atoms with van der Waals surface area (Å²) < 4.78 is 1.75. The summed E-state index contributed by atoms with van der Waals surface area (Å²) >= 11 is 8.46. The number of carbonyl (C=O) groups is 2. The van der Waals surface area contributed by atoms with Crippen LogP contribution in [0.2, 0.25) is 0 Å². The lowest BCUT2D eigenvalue weighted by Gasteiger charge is -2.34. The van der Waals surface area contributed by atoms with Gasteiger partial charge in [-0.05, 0) is 44.0 Å². The van der Waals surface area contributed by atoms with Gasteiger partial charge >= 0.3 is 0 Å². The number of H-pyrrole nitrogens is 1. The summed E-state index contributed by atoms with van der Waals surface area (Å²) in [5.41, 5.74) is 2.85. The summed E-state index contributed by atoms with van der Waals surface area (Å²) in [5.74, 6) is 0.0646. The Balaban J connectivity index is 0.00000225. The molecule has 6 nitrogen and oxygen atoms in total. The fraction of sp³-hybridized carbons (Fsp3) is 0.444. The maximum atomic E-state index is 12.5. The van der Waals surface area contributed by atoms with Crippen LogP contribution in [0.4, 0.5) is 0 Å². The second kappa shape index (κ2) is 9.40. The molecule has 0 saturated carbocycles. The van der Waals surface area contributed by atoms with E-state index in [0.29, 0.717) is 13.0 Å². The van der Waals surface area contributed by atoms with Crippen LogP contribution in [-0.4, -0.2) is 59.2 Å². The number of Topliss-reactive ketones (excluding diaryl/α,β-unsaturated/α-hetero) is 1. The first kappa shape index (κ1) is 22.0. The Morgan fingerprint density at radius 1 is 1.21 bits per heavy atom. The van der Waals surface area contributed by atoms with Gasteiger partial charge < -0.3 is 10.3 Å². The van der Waals surface area contributed by atoms with Gasteiger partial charge in [0, 0.05) is 62.2 Å². The molecule has 10 heteroatoms. The Morgan fingerprint density at radius 3 is 2.61 bits per heavy atom. The van der Waals surface area contributed by atoms with Gasteiger partial charge in [0.05, 0.1) is 20.2 Å². The Labute approximate surface area is 190 Å². The van der Waals surface area contributed by atoms with E-state index in [0.717, 1.165) is 51.4 Å². The van der Waals surface area contributed by atoms with Gasteiger partial charge in [-0.3, -0.25) is 19.4 Å². The molecule has 1 amide bonds. The second-order valence-electron chi connectivity index (χ2n) is 6.93. The van der Waals surface area contributed by atoms with Crippen LogP contribution in [0, 0.1) is 0 Å². The second-order valence-corrected chi connectivity index (χ2v) is 10.6. The van der Waals surface area contributed by atoms with Crippen molar-refractivity contribution in [2.45, 2.75) is 19.0 Å². The maximum absolute atomic E-state index is 12.5. The summed E-state index contributed by atoms with van der Waals surface area (Å²) in [5, 5.41) is 3.05. The Morgan fingerprint density at radius 2 is 1.93 bits per heavy atom. The number of fused-ring (bicyclic) bond motifs is 1. The van der Waals surface area contributed by atoms with Gasteiger partial charge in [0.25, 0.3) is 0 Å². The van der Waals surface area contributed by atoms with E-state index < -0.39 is 0 Å². The van der Waals surface area contributed by atoms with E-state index in [1.54, 1.807) is 0 Å². The fourth-order valence-electron chi connectivity index (χ4n) is 3.73. The average Bonchev–Trinajstić information content (AvgIpc) is 3.30. The zero-order valence-corrected chi connectivity index (χ0v) is 19.8. The third-order valence-corrected chi connectivity index (χ3v) is 7.67. The first-order valence-corrected chi connectivity index (χ1v) is 11.3. The highest BCUT2D eigenvalue weighted by molar-refractivity contribution is 9.12. The summed E-state index contributed by atoms with van der Waals surface area (Å²) in [6, 6.07) is 3.88. The van der Waals surface area contributed by atoms with Gasteiger partial charge in [-0.1, -0.05) is 0 Å². The molecule has 1 aliphatic heterocycles. The van der Waals surface area contributed by atoms with Gasteiger partial charge in [-0.25, -0.2) is 0 Å². The van der Waals surface area contributed by atoms with Gasteiger partial charge in [0.1, 0.15) is 0 Å². The molecule has 1 unspecified atom stereocenters. The lowest BCUT2D eigenvalue weighted by atomic mass is 10.2. The Kier molecular flexibility index (Phi) is 7.38. The number of piperazine rings is 1. The predicted octanol–water partition coefficient (Wildman–Crippen LogP) is 3.58. The first-order chi connectivity index (χ1) is 13.0. The van der Waals surface area contributed by atoms with Crippen LogP contribution in [0.3, 0.4) is 0 Å². The number of ketones is 1. The van der Waals surface area contributed by atoms with Gasteiger partial charge in [-0.2, -0.15) is 0 Å². The molecule has 2 aromatic rings. The Bertz CT molecular complexity index is 850. The van der Waals surface area contributed by atoms with E-state index in [2.05, 4.69) is 58.0 Å². The van der Waals surface area contributed by atoms with Crippen LogP contribution in [-0.2, 0) is 11.3 Å². The standard InChI is InChI=1S/C18H20Br2N4O2S.ClH/c19-17-15-12(8-13(25)16(15)18(20)27-17)22-14(26)10-24-6-4-23(5-7-24)9-11-2-1-3-21-11;/h1-3,12,21H,4-10H2,(H,22,26);1H. The van der Waals surface area contributed by atoms with E-state index in [1.807, 2.05) is 12.3 Å². The fourth-order valence-corrected chi connectivity index (χ4v) is 7.10.